The van der Waals surface area contributed by atoms with E-state index in [1.165, 1.54) is 18.2 Å². The smallest absolute Gasteiger partial charge is 0.339 e. The van der Waals surface area contributed by atoms with Crippen molar-refractivity contribution in [2.24, 2.45) is 0 Å². The van der Waals surface area contributed by atoms with Crippen molar-refractivity contribution in [3.05, 3.63) is 63.7 Å². The predicted octanol–water partition coefficient (Wildman–Crippen LogP) is 2.54. The first-order chi connectivity index (χ1) is 10.3. The lowest BCUT2D eigenvalue weighted by Crippen LogP contribution is -2.11. The van der Waals surface area contributed by atoms with Crippen molar-refractivity contribution < 1.29 is 17.5 Å². The van der Waals surface area contributed by atoms with E-state index < -0.39 is 26.5 Å². The molecule has 0 aliphatic heterocycles. The lowest BCUT2D eigenvalue weighted by molar-refractivity contribution is -0.385. The zero-order valence-corrected chi connectivity index (χ0v) is 12.2. The Balaban J connectivity index is 2.44. The second kappa shape index (κ2) is 5.83. The summed E-state index contributed by atoms with van der Waals surface area (Å²) in [5.41, 5.74) is 0.310. The summed E-state index contributed by atoms with van der Waals surface area (Å²) in [6.45, 7) is 1.79. The van der Waals surface area contributed by atoms with Gasteiger partial charge in [-0.3, -0.25) is 10.1 Å². The van der Waals surface area contributed by atoms with E-state index in [1.807, 2.05) is 0 Å². The van der Waals surface area contributed by atoms with Gasteiger partial charge in [-0.25, -0.2) is 0 Å². The van der Waals surface area contributed by atoms with Crippen molar-refractivity contribution in [2.45, 2.75) is 11.8 Å². The van der Waals surface area contributed by atoms with Crippen LogP contribution in [0.15, 0.2) is 47.4 Å². The van der Waals surface area contributed by atoms with E-state index >= 15 is 0 Å². The van der Waals surface area contributed by atoms with Gasteiger partial charge in [0.1, 0.15) is 4.90 Å². The number of hydrogen-bond donors (Lipinski definition) is 0. The Morgan fingerprint density at radius 1 is 1.18 bits per heavy atom. The molecule has 0 aromatic heterocycles. The molecule has 0 saturated carbocycles. The van der Waals surface area contributed by atoms with Gasteiger partial charge in [-0.05, 0) is 31.2 Å². The van der Waals surface area contributed by atoms with Crippen molar-refractivity contribution in [1.29, 1.82) is 5.26 Å². The van der Waals surface area contributed by atoms with E-state index in [1.54, 1.807) is 25.1 Å². The maximum Gasteiger partial charge on any atom is 0.339 e. The third kappa shape index (κ3) is 3.21. The average molecular weight is 318 g/mol. The van der Waals surface area contributed by atoms with E-state index in [4.69, 9.17) is 9.44 Å². The molecule has 2 aromatic carbocycles. The van der Waals surface area contributed by atoms with Crippen LogP contribution in [0.25, 0.3) is 0 Å². The fourth-order valence-electron chi connectivity index (χ4n) is 1.67. The molecule has 0 N–H and O–H groups in total. The third-order valence-electron chi connectivity index (χ3n) is 2.79. The van der Waals surface area contributed by atoms with Crippen LogP contribution < -0.4 is 4.18 Å². The molecule has 0 saturated heterocycles. The summed E-state index contributed by atoms with van der Waals surface area (Å²) in [6, 6.07) is 10.9. The minimum atomic E-state index is -4.19. The van der Waals surface area contributed by atoms with Crippen LogP contribution in [0, 0.1) is 28.4 Å². The standard InChI is InChI=1S/C14H10N2O5S/c1-10-2-5-12(6-3-10)22(19,20)21-14-7-4-11(9-15)8-13(14)16(17)18/h2-8H,1H3. The highest BCUT2D eigenvalue weighted by molar-refractivity contribution is 7.87. The summed E-state index contributed by atoms with van der Waals surface area (Å²) in [5, 5.41) is 19.7. The third-order valence-corrected chi connectivity index (χ3v) is 4.04. The maximum atomic E-state index is 12.1. The van der Waals surface area contributed by atoms with Crippen molar-refractivity contribution >= 4 is 15.8 Å². The molecular formula is C14H10N2O5S. The fourth-order valence-corrected chi connectivity index (χ4v) is 2.61. The SMILES string of the molecule is Cc1ccc(S(=O)(=O)Oc2ccc(C#N)cc2[N+](=O)[O-])cc1. The number of hydrogen-bond acceptors (Lipinski definition) is 6. The van der Waals surface area contributed by atoms with Crippen molar-refractivity contribution in [2.75, 3.05) is 0 Å². The van der Waals surface area contributed by atoms with Crippen LogP contribution in [0.2, 0.25) is 0 Å². The van der Waals surface area contributed by atoms with Gasteiger partial charge in [0.15, 0.2) is 0 Å². The van der Waals surface area contributed by atoms with Crippen LogP contribution in [0.4, 0.5) is 5.69 Å². The normalized spacial score (nSPS) is 10.7. The molecule has 0 aliphatic carbocycles. The van der Waals surface area contributed by atoms with Gasteiger partial charge in [-0.1, -0.05) is 17.7 Å². The zero-order chi connectivity index (χ0) is 16.3. The van der Waals surface area contributed by atoms with Gasteiger partial charge in [-0.2, -0.15) is 13.7 Å². The highest BCUT2D eigenvalue weighted by Gasteiger charge is 2.23. The molecule has 0 heterocycles. The molecule has 0 unspecified atom stereocenters. The lowest BCUT2D eigenvalue weighted by atomic mass is 10.2. The average Bonchev–Trinajstić information content (AvgIpc) is 2.47. The summed E-state index contributed by atoms with van der Waals surface area (Å²) < 4.78 is 29.1. The molecule has 0 amide bonds. The van der Waals surface area contributed by atoms with Crippen molar-refractivity contribution in [3.63, 3.8) is 0 Å². The molecular weight excluding hydrogens is 308 g/mol. The highest BCUT2D eigenvalue weighted by atomic mass is 32.2. The number of rotatable bonds is 4. The molecule has 2 rings (SSSR count). The molecule has 2 aromatic rings. The topological polar surface area (TPSA) is 110 Å². The van der Waals surface area contributed by atoms with Gasteiger partial charge in [0.05, 0.1) is 16.6 Å². The number of benzene rings is 2. The first-order valence-electron chi connectivity index (χ1n) is 6.03. The number of nitro benzene ring substituents is 1. The number of aryl methyl sites for hydroxylation is 1. The largest absolute Gasteiger partial charge is 0.372 e. The second-order valence-electron chi connectivity index (χ2n) is 4.40. The van der Waals surface area contributed by atoms with E-state index in [9.17, 15) is 18.5 Å². The van der Waals surface area contributed by atoms with Gasteiger partial charge in [0.25, 0.3) is 0 Å². The Morgan fingerprint density at radius 2 is 1.82 bits per heavy atom. The molecule has 0 spiro atoms. The minimum absolute atomic E-state index is 0.0341. The number of nitro groups is 1. The summed E-state index contributed by atoms with van der Waals surface area (Å²) in [6.07, 6.45) is 0. The van der Waals surface area contributed by atoms with Crippen LogP contribution in [0.5, 0.6) is 5.75 Å². The molecule has 8 heteroatoms. The minimum Gasteiger partial charge on any atom is -0.372 e. The van der Waals surface area contributed by atoms with Gasteiger partial charge >= 0.3 is 15.8 Å². The van der Waals surface area contributed by atoms with Gasteiger partial charge in [0.2, 0.25) is 5.75 Å². The molecule has 0 radical (unpaired) electrons. The quantitative estimate of drug-likeness (QED) is 0.486. The number of nitriles is 1. The Bertz CT molecular complexity index is 867. The predicted molar refractivity (Wildman–Crippen MR) is 76.8 cm³/mol. The molecule has 112 valence electrons. The van der Waals surface area contributed by atoms with Crippen LogP contribution in [-0.2, 0) is 10.1 Å². The molecule has 0 fully saturated rings. The summed E-state index contributed by atoms with van der Waals surface area (Å²) in [7, 11) is -4.19. The van der Waals surface area contributed by atoms with Crippen LogP contribution >= 0.6 is 0 Å². The fraction of sp³-hybridized carbons (Fsp3) is 0.0714. The zero-order valence-electron chi connectivity index (χ0n) is 11.4. The molecule has 7 nitrogen and oxygen atoms in total. The van der Waals surface area contributed by atoms with Gasteiger partial charge in [-0.15, -0.1) is 0 Å². The van der Waals surface area contributed by atoms with Crippen molar-refractivity contribution in [1.82, 2.24) is 0 Å². The van der Waals surface area contributed by atoms with Crippen LogP contribution in [0.1, 0.15) is 11.1 Å². The monoisotopic (exact) mass is 318 g/mol. The molecule has 0 atom stereocenters. The summed E-state index contributed by atoms with van der Waals surface area (Å²) in [4.78, 5) is 10.1. The summed E-state index contributed by atoms with van der Waals surface area (Å²) in [5.74, 6) is -0.440. The van der Waals surface area contributed by atoms with E-state index in [0.29, 0.717) is 0 Å². The first-order valence-corrected chi connectivity index (χ1v) is 7.44. The summed E-state index contributed by atoms with van der Waals surface area (Å²) >= 11 is 0. The van der Waals surface area contributed by atoms with Crippen LogP contribution in [0.3, 0.4) is 0 Å². The lowest BCUT2D eigenvalue weighted by Gasteiger charge is -2.07. The first kappa shape index (κ1) is 15.5. The second-order valence-corrected chi connectivity index (χ2v) is 5.95. The Labute approximate surface area is 126 Å². The molecule has 0 aliphatic rings. The molecule has 22 heavy (non-hydrogen) atoms. The maximum absolute atomic E-state index is 12.1. The Morgan fingerprint density at radius 3 is 2.36 bits per heavy atom. The van der Waals surface area contributed by atoms with E-state index in [-0.39, 0.29) is 10.5 Å². The van der Waals surface area contributed by atoms with Crippen LogP contribution in [-0.4, -0.2) is 13.3 Å². The van der Waals surface area contributed by atoms with Gasteiger partial charge in [0, 0.05) is 6.07 Å². The van der Waals surface area contributed by atoms with E-state index in [2.05, 4.69) is 0 Å². The van der Waals surface area contributed by atoms with E-state index in [0.717, 1.165) is 17.7 Å². The number of nitrogens with zero attached hydrogens (tertiary/aromatic N) is 2. The Kier molecular flexibility index (Phi) is 4.10. The van der Waals surface area contributed by atoms with Gasteiger partial charge < -0.3 is 4.18 Å². The highest BCUT2D eigenvalue weighted by Crippen LogP contribution is 2.30. The Hall–Kier alpha value is -2.92. The van der Waals surface area contributed by atoms with Crippen molar-refractivity contribution in [3.8, 4) is 11.8 Å². The molecule has 0 bridgehead atoms.